The fourth-order valence-corrected chi connectivity index (χ4v) is 2.33. The Hall–Kier alpha value is -2.29. The topological polar surface area (TPSA) is 33.5 Å². The van der Waals surface area contributed by atoms with Crippen molar-refractivity contribution in [2.24, 2.45) is 0 Å². The Labute approximate surface area is 112 Å². The van der Waals surface area contributed by atoms with E-state index >= 15 is 0 Å². The van der Waals surface area contributed by atoms with Crippen LogP contribution in [0.1, 0.15) is 16.9 Å². The number of hydrogen-bond acceptors (Lipinski definition) is 2. The largest absolute Gasteiger partial charge is 0.465 e. The predicted molar refractivity (Wildman–Crippen MR) is 73.3 cm³/mol. The number of carbonyl (C=O) groups is 1. The van der Waals surface area contributed by atoms with Crippen LogP contribution in [-0.2, 0) is 17.8 Å². The summed E-state index contributed by atoms with van der Waals surface area (Å²) in [5.41, 5.74) is 2.59. The zero-order chi connectivity index (χ0) is 13.1. The van der Waals surface area contributed by atoms with Crippen LogP contribution in [0.4, 0.5) is 0 Å². The summed E-state index contributed by atoms with van der Waals surface area (Å²) in [7, 11) is 0. The van der Waals surface area contributed by atoms with Crippen molar-refractivity contribution in [3.05, 3.63) is 65.6 Å². The van der Waals surface area contributed by atoms with E-state index in [0.717, 1.165) is 13.0 Å². The molecule has 0 unspecified atom stereocenters. The molecule has 2 heterocycles. The molecule has 3 rings (SSSR count). The van der Waals surface area contributed by atoms with Crippen LogP contribution in [0, 0.1) is 0 Å². The molecule has 0 N–H and O–H groups in total. The SMILES string of the molecule is O=C(C=Cc1ccco1)N1CCc2ccccc2C1. The fraction of sp³-hybridized carbons (Fsp3) is 0.188. The lowest BCUT2D eigenvalue weighted by molar-refractivity contribution is -0.126. The maximum absolute atomic E-state index is 12.1. The van der Waals surface area contributed by atoms with Crippen molar-refractivity contribution in [1.82, 2.24) is 4.90 Å². The summed E-state index contributed by atoms with van der Waals surface area (Å²) in [6.07, 6.45) is 5.81. The third kappa shape index (κ3) is 2.60. The minimum atomic E-state index is 0.0332. The molecule has 96 valence electrons. The molecule has 0 spiro atoms. The van der Waals surface area contributed by atoms with Gasteiger partial charge in [-0.1, -0.05) is 24.3 Å². The van der Waals surface area contributed by atoms with Gasteiger partial charge < -0.3 is 9.32 Å². The van der Waals surface area contributed by atoms with E-state index in [4.69, 9.17) is 4.42 Å². The molecule has 0 saturated heterocycles. The van der Waals surface area contributed by atoms with Gasteiger partial charge in [-0.25, -0.2) is 0 Å². The molecule has 1 aliphatic heterocycles. The summed E-state index contributed by atoms with van der Waals surface area (Å²) in [6.45, 7) is 1.47. The normalized spacial score (nSPS) is 14.6. The van der Waals surface area contributed by atoms with Crippen LogP contribution in [0.15, 0.2) is 53.2 Å². The van der Waals surface area contributed by atoms with E-state index < -0.39 is 0 Å². The van der Waals surface area contributed by atoms with Gasteiger partial charge in [-0.2, -0.15) is 0 Å². The van der Waals surface area contributed by atoms with Crippen molar-refractivity contribution < 1.29 is 9.21 Å². The second kappa shape index (κ2) is 5.14. The highest BCUT2D eigenvalue weighted by Crippen LogP contribution is 2.18. The number of carbonyl (C=O) groups excluding carboxylic acids is 1. The molecule has 1 aliphatic rings. The average Bonchev–Trinajstić information content (AvgIpc) is 2.97. The minimum absolute atomic E-state index is 0.0332. The van der Waals surface area contributed by atoms with Gasteiger partial charge in [0.15, 0.2) is 0 Å². The van der Waals surface area contributed by atoms with Gasteiger partial charge in [-0.3, -0.25) is 4.79 Å². The Kier molecular flexibility index (Phi) is 3.19. The molecule has 19 heavy (non-hydrogen) atoms. The van der Waals surface area contributed by atoms with Crippen molar-refractivity contribution in [3.63, 3.8) is 0 Å². The van der Waals surface area contributed by atoms with E-state index in [-0.39, 0.29) is 5.91 Å². The molecular formula is C16H15NO2. The predicted octanol–water partition coefficient (Wildman–Crippen LogP) is 2.88. The van der Waals surface area contributed by atoms with Gasteiger partial charge in [-0.15, -0.1) is 0 Å². The number of fused-ring (bicyclic) bond motifs is 1. The molecule has 3 nitrogen and oxygen atoms in total. The van der Waals surface area contributed by atoms with E-state index in [0.29, 0.717) is 12.3 Å². The highest BCUT2D eigenvalue weighted by molar-refractivity contribution is 5.91. The van der Waals surface area contributed by atoms with Gasteiger partial charge >= 0.3 is 0 Å². The van der Waals surface area contributed by atoms with Crippen LogP contribution in [0.5, 0.6) is 0 Å². The van der Waals surface area contributed by atoms with Crippen LogP contribution < -0.4 is 0 Å². The van der Waals surface area contributed by atoms with Crippen LogP contribution in [0.3, 0.4) is 0 Å². The van der Waals surface area contributed by atoms with Gasteiger partial charge in [-0.05, 0) is 35.8 Å². The van der Waals surface area contributed by atoms with Gasteiger partial charge in [0.25, 0.3) is 0 Å². The molecule has 3 heteroatoms. The van der Waals surface area contributed by atoms with E-state index in [2.05, 4.69) is 12.1 Å². The summed E-state index contributed by atoms with van der Waals surface area (Å²) < 4.78 is 5.17. The second-order valence-electron chi connectivity index (χ2n) is 4.63. The monoisotopic (exact) mass is 253 g/mol. The molecular weight excluding hydrogens is 238 g/mol. The summed E-state index contributed by atoms with van der Waals surface area (Å²) in [6, 6.07) is 11.9. The van der Waals surface area contributed by atoms with E-state index in [1.807, 2.05) is 23.1 Å². The first-order valence-corrected chi connectivity index (χ1v) is 6.40. The highest BCUT2D eigenvalue weighted by Gasteiger charge is 2.18. The molecule has 0 aliphatic carbocycles. The van der Waals surface area contributed by atoms with Crippen molar-refractivity contribution in [2.45, 2.75) is 13.0 Å². The first-order valence-electron chi connectivity index (χ1n) is 6.40. The van der Waals surface area contributed by atoms with E-state index in [1.54, 1.807) is 24.5 Å². The molecule has 0 fully saturated rings. The average molecular weight is 253 g/mol. The van der Waals surface area contributed by atoms with Gasteiger partial charge in [0.05, 0.1) is 6.26 Å². The first-order chi connectivity index (χ1) is 9.33. The highest BCUT2D eigenvalue weighted by atomic mass is 16.3. The van der Waals surface area contributed by atoms with E-state index in [1.165, 1.54) is 11.1 Å². The Balaban J connectivity index is 1.69. The molecule has 0 radical (unpaired) electrons. The maximum Gasteiger partial charge on any atom is 0.246 e. The smallest absolute Gasteiger partial charge is 0.246 e. The third-order valence-electron chi connectivity index (χ3n) is 3.38. The maximum atomic E-state index is 12.1. The molecule has 1 aromatic carbocycles. The Morgan fingerprint density at radius 3 is 2.79 bits per heavy atom. The molecule has 0 bridgehead atoms. The number of benzene rings is 1. The second-order valence-corrected chi connectivity index (χ2v) is 4.63. The summed E-state index contributed by atoms with van der Waals surface area (Å²) in [5.74, 6) is 0.733. The molecule has 0 saturated carbocycles. The van der Waals surface area contributed by atoms with Gasteiger partial charge in [0.1, 0.15) is 5.76 Å². The zero-order valence-corrected chi connectivity index (χ0v) is 10.6. The Morgan fingerprint density at radius 1 is 1.16 bits per heavy atom. The summed E-state index contributed by atoms with van der Waals surface area (Å²) >= 11 is 0. The molecule has 2 aromatic rings. The lowest BCUT2D eigenvalue weighted by Crippen LogP contribution is -2.34. The zero-order valence-electron chi connectivity index (χ0n) is 10.6. The Morgan fingerprint density at radius 2 is 2.00 bits per heavy atom. The fourth-order valence-electron chi connectivity index (χ4n) is 2.33. The molecule has 0 atom stereocenters. The Bertz CT molecular complexity index is 599. The van der Waals surface area contributed by atoms with Crippen molar-refractivity contribution in [1.29, 1.82) is 0 Å². The number of furan rings is 1. The van der Waals surface area contributed by atoms with Crippen LogP contribution >= 0.6 is 0 Å². The van der Waals surface area contributed by atoms with Crippen LogP contribution in [-0.4, -0.2) is 17.4 Å². The number of amides is 1. The van der Waals surface area contributed by atoms with Crippen LogP contribution in [0.25, 0.3) is 6.08 Å². The lowest BCUT2D eigenvalue weighted by atomic mass is 10.00. The summed E-state index contributed by atoms with van der Waals surface area (Å²) in [5, 5.41) is 0. The van der Waals surface area contributed by atoms with E-state index in [9.17, 15) is 4.79 Å². The number of rotatable bonds is 2. The number of hydrogen-bond donors (Lipinski definition) is 0. The minimum Gasteiger partial charge on any atom is -0.465 e. The van der Waals surface area contributed by atoms with Crippen LogP contribution in [0.2, 0.25) is 0 Å². The molecule has 1 amide bonds. The quantitative estimate of drug-likeness (QED) is 0.771. The first kappa shape index (κ1) is 11.8. The number of nitrogens with zero attached hydrogens (tertiary/aromatic N) is 1. The van der Waals surface area contributed by atoms with Crippen molar-refractivity contribution in [2.75, 3.05) is 6.54 Å². The third-order valence-corrected chi connectivity index (χ3v) is 3.38. The van der Waals surface area contributed by atoms with Gasteiger partial charge in [0.2, 0.25) is 5.91 Å². The van der Waals surface area contributed by atoms with Crippen molar-refractivity contribution >= 4 is 12.0 Å². The lowest BCUT2D eigenvalue weighted by Gasteiger charge is -2.27. The molecule has 1 aromatic heterocycles. The summed E-state index contributed by atoms with van der Waals surface area (Å²) in [4.78, 5) is 14.0. The van der Waals surface area contributed by atoms with Crippen molar-refractivity contribution in [3.8, 4) is 0 Å². The standard InChI is InChI=1S/C16H15NO2/c18-16(8-7-15-6-3-11-19-15)17-10-9-13-4-1-2-5-14(13)12-17/h1-8,11H,9-10,12H2. The van der Waals surface area contributed by atoms with Gasteiger partial charge in [0, 0.05) is 19.2 Å².